The molecule has 0 radical (unpaired) electrons. The van der Waals surface area contributed by atoms with Crippen LogP contribution in [0.15, 0.2) is 0 Å². The summed E-state index contributed by atoms with van der Waals surface area (Å²) in [6.45, 7) is 2.87. The van der Waals surface area contributed by atoms with Gasteiger partial charge < -0.3 is 4.74 Å². The second kappa shape index (κ2) is 2.44. The summed E-state index contributed by atoms with van der Waals surface area (Å²) in [6.07, 6.45) is 0. The van der Waals surface area contributed by atoms with Crippen LogP contribution in [0.3, 0.4) is 0 Å². The number of nitrogens with zero attached hydrogens (tertiary/aromatic N) is 2. The molecule has 0 aromatic heterocycles. The zero-order valence-electron chi connectivity index (χ0n) is 5.42. The Morgan fingerprint density at radius 1 is 1.50 bits per heavy atom. The summed E-state index contributed by atoms with van der Waals surface area (Å²) >= 11 is 0. The highest BCUT2D eigenvalue weighted by Crippen LogP contribution is 2.02. The second-order valence-corrected chi connectivity index (χ2v) is 2.23. The Bertz CT molecular complexity index is 68.1. The molecule has 1 fully saturated rings. The van der Waals surface area contributed by atoms with E-state index in [9.17, 15) is 0 Å². The minimum Gasteiger partial charge on any atom is -0.369 e. The molecule has 0 saturated carbocycles. The van der Waals surface area contributed by atoms with E-state index in [0.717, 1.165) is 20.1 Å². The van der Waals surface area contributed by atoms with Gasteiger partial charge in [-0.2, -0.15) is 0 Å². The molecule has 1 heterocycles. The van der Waals surface area contributed by atoms with Gasteiger partial charge in [-0.15, -0.1) is 0 Å². The van der Waals surface area contributed by atoms with Crippen LogP contribution in [0.2, 0.25) is 0 Å². The van der Waals surface area contributed by atoms with Gasteiger partial charge in [0, 0.05) is 7.11 Å². The minimum atomic E-state index is 0.768. The predicted molar refractivity (Wildman–Crippen MR) is 31.2 cm³/mol. The third-order valence-electron chi connectivity index (χ3n) is 1.19. The molecule has 0 amide bonds. The van der Waals surface area contributed by atoms with Crippen molar-refractivity contribution in [3.63, 3.8) is 0 Å². The average molecular weight is 116 g/mol. The number of hydrogen-bond donors (Lipinski definition) is 0. The number of rotatable bonds is 2. The maximum absolute atomic E-state index is 4.89. The van der Waals surface area contributed by atoms with Crippen molar-refractivity contribution in [3.8, 4) is 0 Å². The van der Waals surface area contributed by atoms with E-state index in [1.807, 2.05) is 0 Å². The van der Waals surface area contributed by atoms with Crippen molar-refractivity contribution in [2.75, 3.05) is 34.2 Å². The molecule has 0 atom stereocenters. The summed E-state index contributed by atoms with van der Waals surface area (Å²) < 4.78 is 4.89. The van der Waals surface area contributed by atoms with Gasteiger partial charge in [0.25, 0.3) is 0 Å². The van der Waals surface area contributed by atoms with Crippen LogP contribution in [0, 0.1) is 0 Å². The molecule has 0 aromatic carbocycles. The van der Waals surface area contributed by atoms with Crippen LogP contribution in [-0.2, 0) is 4.74 Å². The summed E-state index contributed by atoms with van der Waals surface area (Å²) in [7, 11) is 3.81. The Balaban J connectivity index is 1.98. The van der Waals surface area contributed by atoms with Crippen LogP contribution in [0.25, 0.3) is 0 Å². The largest absolute Gasteiger partial charge is 0.369 e. The lowest BCUT2D eigenvalue weighted by molar-refractivity contribution is -0.0764. The van der Waals surface area contributed by atoms with Crippen molar-refractivity contribution in [2.24, 2.45) is 0 Å². The summed E-state index contributed by atoms with van der Waals surface area (Å²) in [4.78, 5) is 4.43. The van der Waals surface area contributed by atoms with Crippen molar-refractivity contribution in [2.45, 2.75) is 0 Å². The molecule has 1 aliphatic rings. The van der Waals surface area contributed by atoms with Crippen molar-refractivity contribution < 1.29 is 4.74 Å². The molecule has 1 saturated heterocycles. The van der Waals surface area contributed by atoms with Crippen LogP contribution in [-0.4, -0.2) is 44.0 Å². The molecule has 3 heteroatoms. The van der Waals surface area contributed by atoms with Gasteiger partial charge in [-0.3, -0.25) is 9.80 Å². The van der Waals surface area contributed by atoms with Crippen molar-refractivity contribution in [3.05, 3.63) is 0 Å². The number of methoxy groups -OCH3 is 1. The van der Waals surface area contributed by atoms with Crippen LogP contribution in [0.1, 0.15) is 0 Å². The van der Waals surface area contributed by atoms with Crippen LogP contribution in [0.4, 0.5) is 0 Å². The Labute approximate surface area is 49.8 Å². The van der Waals surface area contributed by atoms with Gasteiger partial charge >= 0.3 is 0 Å². The first-order valence-electron chi connectivity index (χ1n) is 2.73. The van der Waals surface area contributed by atoms with Gasteiger partial charge in [-0.05, 0) is 7.05 Å². The van der Waals surface area contributed by atoms with E-state index in [1.54, 1.807) is 7.11 Å². The van der Waals surface area contributed by atoms with Crippen LogP contribution in [0.5, 0.6) is 0 Å². The van der Waals surface area contributed by atoms with Crippen LogP contribution >= 0.6 is 0 Å². The van der Waals surface area contributed by atoms with Gasteiger partial charge in [0.2, 0.25) is 0 Å². The third kappa shape index (κ3) is 1.18. The molecular formula is C5H12N2O. The number of ether oxygens (including phenoxy) is 1. The Kier molecular flexibility index (Phi) is 1.83. The lowest BCUT2D eigenvalue weighted by Crippen LogP contribution is -2.53. The van der Waals surface area contributed by atoms with E-state index in [1.165, 1.54) is 0 Å². The molecule has 1 rings (SSSR count). The molecule has 0 aliphatic carbocycles. The normalized spacial score (nSPS) is 23.2. The fourth-order valence-electron chi connectivity index (χ4n) is 0.906. The third-order valence-corrected chi connectivity index (χ3v) is 1.19. The van der Waals surface area contributed by atoms with Gasteiger partial charge in [0.15, 0.2) is 0 Å². The SMILES string of the molecule is COCN1CN(C)C1. The average Bonchev–Trinajstić information content (AvgIpc) is 1.64. The molecule has 0 spiro atoms. The first-order chi connectivity index (χ1) is 3.83. The van der Waals surface area contributed by atoms with E-state index in [0.29, 0.717) is 0 Å². The zero-order valence-corrected chi connectivity index (χ0v) is 5.42. The van der Waals surface area contributed by atoms with E-state index < -0.39 is 0 Å². The lowest BCUT2D eigenvalue weighted by Gasteiger charge is -2.38. The molecule has 0 unspecified atom stereocenters. The number of hydrogen-bond acceptors (Lipinski definition) is 3. The first-order valence-corrected chi connectivity index (χ1v) is 2.73. The van der Waals surface area contributed by atoms with E-state index in [-0.39, 0.29) is 0 Å². The topological polar surface area (TPSA) is 15.7 Å². The molecular weight excluding hydrogens is 104 g/mol. The standard InChI is InChI=1S/C5H12N2O/c1-6-3-7(4-6)5-8-2/h3-5H2,1-2H3. The highest BCUT2D eigenvalue weighted by molar-refractivity contribution is 4.61. The Morgan fingerprint density at radius 2 is 2.12 bits per heavy atom. The highest BCUT2D eigenvalue weighted by Gasteiger charge is 2.17. The van der Waals surface area contributed by atoms with Gasteiger partial charge in [0.1, 0.15) is 6.73 Å². The van der Waals surface area contributed by atoms with Gasteiger partial charge in [-0.25, -0.2) is 0 Å². The molecule has 48 valence electrons. The van der Waals surface area contributed by atoms with Gasteiger partial charge in [0.05, 0.1) is 13.3 Å². The smallest absolute Gasteiger partial charge is 0.101 e. The summed E-state index contributed by atoms with van der Waals surface area (Å²) in [6, 6.07) is 0. The Hall–Kier alpha value is -0.120. The fraction of sp³-hybridized carbons (Fsp3) is 1.00. The van der Waals surface area contributed by atoms with Crippen molar-refractivity contribution in [1.29, 1.82) is 0 Å². The van der Waals surface area contributed by atoms with Crippen LogP contribution < -0.4 is 0 Å². The summed E-state index contributed by atoms with van der Waals surface area (Å²) in [5, 5.41) is 0. The quantitative estimate of drug-likeness (QED) is 0.495. The predicted octanol–water partition coefficient (Wildman–Crippen LogP) is -0.247. The first kappa shape index (κ1) is 6.01. The molecule has 0 bridgehead atoms. The minimum absolute atomic E-state index is 0.768. The molecule has 3 nitrogen and oxygen atoms in total. The summed E-state index contributed by atoms with van der Waals surface area (Å²) in [5.74, 6) is 0. The molecule has 8 heavy (non-hydrogen) atoms. The maximum atomic E-state index is 4.89. The van der Waals surface area contributed by atoms with Crippen molar-refractivity contribution >= 4 is 0 Å². The second-order valence-electron chi connectivity index (χ2n) is 2.23. The lowest BCUT2D eigenvalue weighted by atomic mass is 10.5. The van der Waals surface area contributed by atoms with E-state index in [4.69, 9.17) is 4.74 Å². The van der Waals surface area contributed by atoms with E-state index >= 15 is 0 Å². The zero-order chi connectivity index (χ0) is 5.98. The van der Waals surface area contributed by atoms with Gasteiger partial charge in [-0.1, -0.05) is 0 Å². The van der Waals surface area contributed by atoms with E-state index in [2.05, 4.69) is 16.8 Å². The molecule has 0 aromatic rings. The summed E-state index contributed by atoms with van der Waals surface area (Å²) in [5.41, 5.74) is 0. The molecule has 0 N–H and O–H groups in total. The highest BCUT2D eigenvalue weighted by atomic mass is 16.5. The monoisotopic (exact) mass is 116 g/mol. The fourth-order valence-corrected chi connectivity index (χ4v) is 0.906. The molecule has 1 aliphatic heterocycles. The van der Waals surface area contributed by atoms with Crippen molar-refractivity contribution in [1.82, 2.24) is 9.80 Å². The Morgan fingerprint density at radius 3 is 2.50 bits per heavy atom. The maximum Gasteiger partial charge on any atom is 0.101 e.